The van der Waals surface area contributed by atoms with Crippen LogP contribution in [-0.2, 0) is 4.79 Å². The van der Waals surface area contributed by atoms with Crippen LogP contribution in [0.2, 0.25) is 0 Å². The molecule has 0 bridgehead atoms. The normalized spacial score (nSPS) is 20.9. The van der Waals surface area contributed by atoms with E-state index < -0.39 is 0 Å². The summed E-state index contributed by atoms with van der Waals surface area (Å²) in [6.45, 7) is 3.30. The fourth-order valence-corrected chi connectivity index (χ4v) is 3.43. The zero-order valence-corrected chi connectivity index (χ0v) is 15.7. The number of carbonyl (C=O) groups is 1. The Hall–Kier alpha value is -2.21. The zero-order chi connectivity index (χ0) is 18.5. The molecule has 3 N–H and O–H groups in total. The number of hydrogen-bond donors (Lipinski definition) is 3. The highest BCUT2D eigenvalue weighted by atomic mass is 16.2. The molecule has 0 aliphatic carbocycles. The van der Waals surface area contributed by atoms with Gasteiger partial charge in [-0.3, -0.25) is 10.2 Å². The molecular weight excluding hydrogens is 324 g/mol. The Bertz CT molecular complexity index is 715. The molecule has 138 valence electrons. The van der Waals surface area contributed by atoms with Gasteiger partial charge in [0.2, 0.25) is 5.91 Å². The third kappa shape index (κ3) is 4.30. The molecule has 1 amide bonds. The number of nitrogens with zero attached hydrogens (tertiary/aromatic N) is 1. The number of hydrazine groups is 1. The molecule has 2 aromatic rings. The second kappa shape index (κ2) is 8.45. The number of benzene rings is 2. The first kappa shape index (κ1) is 18.6. The van der Waals surface area contributed by atoms with Crippen molar-refractivity contribution in [1.29, 1.82) is 0 Å². The minimum Gasteiger partial charge on any atom is -0.354 e. The Labute approximate surface area is 155 Å². The molecule has 5 nitrogen and oxygen atoms in total. The van der Waals surface area contributed by atoms with Crippen molar-refractivity contribution >= 4 is 5.91 Å². The number of carbonyl (C=O) groups excluding carboxylic acids is 1. The number of hydrogen-bond acceptors (Lipinski definition) is 4. The van der Waals surface area contributed by atoms with Crippen molar-refractivity contribution < 1.29 is 4.79 Å². The van der Waals surface area contributed by atoms with Crippen LogP contribution < -0.4 is 16.2 Å². The van der Waals surface area contributed by atoms with Crippen molar-refractivity contribution in [3.05, 3.63) is 71.3 Å². The molecule has 1 heterocycles. The number of rotatable bonds is 6. The van der Waals surface area contributed by atoms with E-state index in [4.69, 9.17) is 0 Å². The summed E-state index contributed by atoms with van der Waals surface area (Å²) in [4.78, 5) is 15.0. The van der Waals surface area contributed by atoms with Gasteiger partial charge in [0, 0.05) is 13.1 Å². The summed E-state index contributed by atoms with van der Waals surface area (Å²) >= 11 is 0. The maximum Gasteiger partial charge on any atom is 0.226 e. The minimum absolute atomic E-state index is 0.00613. The summed E-state index contributed by atoms with van der Waals surface area (Å²) < 4.78 is 0. The molecule has 2 aromatic carbocycles. The summed E-state index contributed by atoms with van der Waals surface area (Å²) in [5, 5.41) is 3.16. The summed E-state index contributed by atoms with van der Waals surface area (Å²) in [6.07, 6.45) is 0. The lowest BCUT2D eigenvalue weighted by Crippen LogP contribution is -2.40. The largest absolute Gasteiger partial charge is 0.354 e. The highest BCUT2D eigenvalue weighted by Crippen LogP contribution is 2.25. The van der Waals surface area contributed by atoms with E-state index in [-0.39, 0.29) is 23.9 Å². The zero-order valence-electron chi connectivity index (χ0n) is 15.7. The lowest BCUT2D eigenvalue weighted by Gasteiger charge is -2.26. The van der Waals surface area contributed by atoms with E-state index in [0.717, 1.165) is 5.56 Å². The first-order chi connectivity index (χ1) is 12.6. The molecular formula is C21H28N4O. The van der Waals surface area contributed by atoms with Gasteiger partial charge in [-0.15, -0.1) is 0 Å². The van der Waals surface area contributed by atoms with Gasteiger partial charge in [0.1, 0.15) is 0 Å². The Kier molecular flexibility index (Phi) is 6.04. The van der Waals surface area contributed by atoms with Gasteiger partial charge in [-0.25, -0.2) is 5.43 Å². The standard InChI is InChI=1S/C21H28N4O/c1-15-9-11-16(12-10-15)19(25(2)3)14-22-21(26)18-13-23-24-20(18)17-7-5-4-6-8-17/h4-12,18-20,23-24H,13-14H2,1-3H3,(H,22,26). The van der Waals surface area contributed by atoms with Crippen LogP contribution in [0.3, 0.4) is 0 Å². The van der Waals surface area contributed by atoms with Crippen LogP contribution in [0.5, 0.6) is 0 Å². The summed E-state index contributed by atoms with van der Waals surface area (Å²) in [7, 11) is 4.09. The van der Waals surface area contributed by atoms with E-state index in [1.54, 1.807) is 0 Å². The van der Waals surface area contributed by atoms with E-state index >= 15 is 0 Å². The molecule has 0 aromatic heterocycles. The summed E-state index contributed by atoms with van der Waals surface area (Å²) in [5.74, 6) is -0.0476. The van der Waals surface area contributed by atoms with E-state index in [1.807, 2.05) is 32.3 Å². The lowest BCUT2D eigenvalue weighted by atomic mass is 9.94. The number of amides is 1. The third-order valence-corrected chi connectivity index (χ3v) is 5.03. The van der Waals surface area contributed by atoms with Gasteiger partial charge >= 0.3 is 0 Å². The quantitative estimate of drug-likeness (QED) is 0.746. The molecule has 1 fully saturated rings. The predicted molar refractivity (Wildman–Crippen MR) is 104 cm³/mol. The molecule has 26 heavy (non-hydrogen) atoms. The van der Waals surface area contributed by atoms with Crippen LogP contribution in [0.1, 0.15) is 28.8 Å². The van der Waals surface area contributed by atoms with Gasteiger partial charge in [-0.2, -0.15) is 0 Å². The van der Waals surface area contributed by atoms with Crippen molar-refractivity contribution in [2.75, 3.05) is 27.2 Å². The SMILES string of the molecule is Cc1ccc(C(CNC(=O)C2CNNC2c2ccccc2)N(C)C)cc1. The topological polar surface area (TPSA) is 56.4 Å². The maximum absolute atomic E-state index is 12.8. The monoisotopic (exact) mass is 352 g/mol. The van der Waals surface area contributed by atoms with Crippen LogP contribution in [0, 0.1) is 12.8 Å². The first-order valence-corrected chi connectivity index (χ1v) is 9.10. The van der Waals surface area contributed by atoms with Crippen LogP contribution in [0.25, 0.3) is 0 Å². The fourth-order valence-electron chi connectivity index (χ4n) is 3.43. The average Bonchev–Trinajstić information content (AvgIpc) is 3.13. The van der Waals surface area contributed by atoms with Crippen molar-refractivity contribution in [3.8, 4) is 0 Å². The molecule has 0 radical (unpaired) electrons. The molecule has 0 saturated carbocycles. The maximum atomic E-state index is 12.8. The Morgan fingerprint density at radius 3 is 2.50 bits per heavy atom. The van der Waals surface area contributed by atoms with Gasteiger partial charge < -0.3 is 10.2 Å². The van der Waals surface area contributed by atoms with Crippen molar-refractivity contribution in [2.24, 2.45) is 5.92 Å². The highest BCUT2D eigenvalue weighted by Gasteiger charge is 2.34. The lowest BCUT2D eigenvalue weighted by molar-refractivity contribution is -0.125. The second-order valence-corrected chi connectivity index (χ2v) is 7.16. The highest BCUT2D eigenvalue weighted by molar-refractivity contribution is 5.80. The minimum atomic E-state index is -0.127. The van der Waals surface area contributed by atoms with Crippen molar-refractivity contribution in [2.45, 2.75) is 19.0 Å². The molecule has 5 heteroatoms. The van der Waals surface area contributed by atoms with Gasteiger partial charge in [0.05, 0.1) is 18.0 Å². The predicted octanol–water partition coefficient (Wildman–Crippen LogP) is 2.18. The van der Waals surface area contributed by atoms with Crippen LogP contribution in [-0.4, -0.2) is 38.0 Å². The number of aryl methyl sites for hydroxylation is 1. The average molecular weight is 352 g/mol. The van der Waals surface area contributed by atoms with Crippen molar-refractivity contribution in [1.82, 2.24) is 21.1 Å². The van der Waals surface area contributed by atoms with E-state index in [0.29, 0.717) is 13.1 Å². The number of nitrogens with one attached hydrogen (secondary N) is 3. The Balaban J connectivity index is 1.65. The van der Waals surface area contributed by atoms with Crippen LogP contribution in [0.4, 0.5) is 0 Å². The summed E-state index contributed by atoms with van der Waals surface area (Å²) in [6, 6.07) is 18.8. The van der Waals surface area contributed by atoms with E-state index in [2.05, 4.69) is 64.4 Å². The Morgan fingerprint density at radius 2 is 1.85 bits per heavy atom. The molecule has 3 rings (SSSR count). The molecule has 1 aliphatic heterocycles. The van der Waals surface area contributed by atoms with Gasteiger partial charge in [0.25, 0.3) is 0 Å². The Morgan fingerprint density at radius 1 is 1.15 bits per heavy atom. The molecule has 3 atom stereocenters. The molecule has 1 saturated heterocycles. The van der Waals surface area contributed by atoms with Crippen LogP contribution in [0.15, 0.2) is 54.6 Å². The molecule has 1 aliphatic rings. The van der Waals surface area contributed by atoms with Crippen LogP contribution >= 0.6 is 0 Å². The molecule has 0 spiro atoms. The van der Waals surface area contributed by atoms with E-state index in [9.17, 15) is 4.79 Å². The van der Waals surface area contributed by atoms with Gasteiger partial charge in [-0.1, -0.05) is 60.2 Å². The molecule has 3 unspecified atom stereocenters. The summed E-state index contributed by atoms with van der Waals surface area (Å²) in [5.41, 5.74) is 9.94. The van der Waals surface area contributed by atoms with Gasteiger partial charge in [0.15, 0.2) is 0 Å². The second-order valence-electron chi connectivity index (χ2n) is 7.16. The smallest absolute Gasteiger partial charge is 0.226 e. The van der Waals surface area contributed by atoms with E-state index in [1.165, 1.54) is 11.1 Å². The van der Waals surface area contributed by atoms with Gasteiger partial charge in [-0.05, 0) is 32.1 Å². The number of likely N-dealkylation sites (N-methyl/N-ethyl adjacent to an activating group) is 1. The van der Waals surface area contributed by atoms with Crippen molar-refractivity contribution in [3.63, 3.8) is 0 Å². The first-order valence-electron chi connectivity index (χ1n) is 9.10. The third-order valence-electron chi connectivity index (χ3n) is 5.03. The fraction of sp³-hybridized carbons (Fsp3) is 0.381.